The fourth-order valence-corrected chi connectivity index (χ4v) is 1.15. The predicted molar refractivity (Wildman–Crippen MR) is 62.9 cm³/mol. The summed E-state index contributed by atoms with van der Waals surface area (Å²) in [4.78, 5) is 21.7. The molecule has 0 fully saturated rings. The van der Waals surface area contributed by atoms with Crippen LogP contribution < -0.4 is 11.5 Å². The number of primary amides is 1. The third-order valence-corrected chi connectivity index (χ3v) is 1.96. The number of hydrogen-bond donors (Lipinski definition) is 2. The van der Waals surface area contributed by atoms with Crippen molar-refractivity contribution in [2.75, 3.05) is 12.8 Å². The van der Waals surface area contributed by atoms with Crippen LogP contribution in [0, 0.1) is 11.8 Å². The number of nitrogens with two attached hydrogens (primary N) is 2. The Hall–Kier alpha value is -2.48. The topological polar surface area (TPSA) is 95.4 Å². The number of anilines is 1. The minimum absolute atomic E-state index is 0.0296. The molecule has 0 aliphatic heterocycles. The van der Waals surface area contributed by atoms with Crippen molar-refractivity contribution in [2.45, 2.75) is 6.42 Å². The van der Waals surface area contributed by atoms with Crippen LogP contribution in [0.4, 0.5) is 5.69 Å². The van der Waals surface area contributed by atoms with E-state index in [1.165, 1.54) is 13.2 Å². The summed E-state index contributed by atoms with van der Waals surface area (Å²) < 4.78 is 4.55. The van der Waals surface area contributed by atoms with E-state index < -0.39 is 11.9 Å². The zero-order valence-corrected chi connectivity index (χ0v) is 9.32. The third-order valence-electron chi connectivity index (χ3n) is 1.96. The predicted octanol–water partition coefficient (Wildman–Crippen LogP) is 0.282. The first-order valence-electron chi connectivity index (χ1n) is 4.79. The molecule has 0 bridgehead atoms. The van der Waals surface area contributed by atoms with Crippen molar-refractivity contribution in [3.63, 3.8) is 0 Å². The first kappa shape index (κ1) is 12.6. The number of ether oxygens (including phenoxy) is 1. The van der Waals surface area contributed by atoms with E-state index in [1.54, 1.807) is 12.1 Å². The number of amides is 1. The van der Waals surface area contributed by atoms with Crippen LogP contribution in [0.1, 0.15) is 22.3 Å². The van der Waals surface area contributed by atoms with Crippen molar-refractivity contribution >= 4 is 17.6 Å². The zero-order chi connectivity index (χ0) is 12.8. The highest BCUT2D eigenvalue weighted by Crippen LogP contribution is 2.13. The van der Waals surface area contributed by atoms with Crippen LogP contribution in [0.5, 0.6) is 0 Å². The summed E-state index contributed by atoms with van der Waals surface area (Å²) in [7, 11) is 1.29. The number of rotatable bonds is 2. The van der Waals surface area contributed by atoms with Crippen molar-refractivity contribution in [1.29, 1.82) is 0 Å². The minimum Gasteiger partial charge on any atom is -0.465 e. The molecule has 5 nitrogen and oxygen atoms in total. The molecule has 0 aromatic heterocycles. The molecule has 0 spiro atoms. The number of methoxy groups -OCH3 is 1. The molecular weight excluding hydrogens is 220 g/mol. The molecule has 1 amide bonds. The van der Waals surface area contributed by atoms with Gasteiger partial charge >= 0.3 is 5.97 Å². The van der Waals surface area contributed by atoms with Gasteiger partial charge in [-0.25, -0.2) is 4.79 Å². The number of carbonyl (C=O) groups excluding carboxylic acids is 2. The van der Waals surface area contributed by atoms with E-state index >= 15 is 0 Å². The maximum atomic E-state index is 11.2. The monoisotopic (exact) mass is 232 g/mol. The van der Waals surface area contributed by atoms with Gasteiger partial charge in [-0.1, -0.05) is 11.8 Å². The summed E-state index contributed by atoms with van der Waals surface area (Å²) in [6, 6.07) is 4.62. The highest BCUT2D eigenvalue weighted by Gasteiger charge is 2.06. The molecule has 0 aliphatic rings. The number of carbonyl (C=O) groups is 2. The van der Waals surface area contributed by atoms with E-state index in [0.29, 0.717) is 16.8 Å². The molecule has 0 saturated heterocycles. The van der Waals surface area contributed by atoms with Crippen LogP contribution in [0.15, 0.2) is 18.2 Å². The number of benzene rings is 1. The fraction of sp³-hybridized carbons (Fsp3) is 0.167. The molecule has 1 aromatic rings. The molecule has 17 heavy (non-hydrogen) atoms. The Morgan fingerprint density at radius 3 is 2.65 bits per heavy atom. The van der Waals surface area contributed by atoms with Crippen molar-refractivity contribution in [3.05, 3.63) is 29.3 Å². The van der Waals surface area contributed by atoms with Crippen molar-refractivity contribution < 1.29 is 14.3 Å². The Morgan fingerprint density at radius 2 is 2.12 bits per heavy atom. The Morgan fingerprint density at radius 1 is 1.41 bits per heavy atom. The van der Waals surface area contributed by atoms with Gasteiger partial charge in [0, 0.05) is 11.3 Å². The van der Waals surface area contributed by atoms with Crippen molar-refractivity contribution in [1.82, 2.24) is 0 Å². The summed E-state index contributed by atoms with van der Waals surface area (Å²) >= 11 is 0. The highest BCUT2D eigenvalue weighted by molar-refractivity contribution is 5.90. The molecule has 0 saturated carbocycles. The third kappa shape index (κ3) is 3.54. The quantitative estimate of drug-likeness (QED) is 0.435. The van der Waals surface area contributed by atoms with Crippen LogP contribution in [0.25, 0.3) is 0 Å². The number of hydrogen-bond acceptors (Lipinski definition) is 4. The second kappa shape index (κ2) is 5.56. The lowest BCUT2D eigenvalue weighted by Crippen LogP contribution is -2.08. The summed E-state index contributed by atoms with van der Waals surface area (Å²) in [6.45, 7) is 0. The molecule has 0 unspecified atom stereocenters. The van der Waals surface area contributed by atoms with Crippen LogP contribution in [-0.2, 0) is 9.53 Å². The first-order valence-corrected chi connectivity index (χ1v) is 4.79. The van der Waals surface area contributed by atoms with Gasteiger partial charge < -0.3 is 16.2 Å². The van der Waals surface area contributed by atoms with E-state index in [-0.39, 0.29) is 6.42 Å². The Labute approximate surface area is 98.7 Å². The SMILES string of the molecule is COC(=O)c1ccc(C#CCC(N)=O)c(N)c1. The number of esters is 1. The molecule has 88 valence electrons. The molecular formula is C12H12N2O3. The van der Waals surface area contributed by atoms with E-state index in [2.05, 4.69) is 16.6 Å². The van der Waals surface area contributed by atoms with Crippen molar-refractivity contribution in [3.8, 4) is 11.8 Å². The average molecular weight is 232 g/mol. The normalized spacial score (nSPS) is 9.00. The maximum Gasteiger partial charge on any atom is 0.337 e. The van der Waals surface area contributed by atoms with Crippen LogP contribution in [0.3, 0.4) is 0 Å². The van der Waals surface area contributed by atoms with Crippen LogP contribution >= 0.6 is 0 Å². The standard InChI is InChI=1S/C12H12N2O3/c1-17-12(16)9-6-5-8(10(13)7-9)3-2-4-11(14)15/h5-7H,4,13H2,1H3,(H2,14,15). The van der Waals surface area contributed by atoms with Gasteiger partial charge in [0.15, 0.2) is 0 Å². The van der Waals surface area contributed by atoms with Gasteiger partial charge in [-0.3, -0.25) is 4.79 Å². The van der Waals surface area contributed by atoms with Crippen LogP contribution in [-0.4, -0.2) is 19.0 Å². The van der Waals surface area contributed by atoms with Gasteiger partial charge in [0.05, 0.1) is 19.1 Å². The molecule has 1 rings (SSSR count). The second-order valence-corrected chi connectivity index (χ2v) is 3.24. The molecule has 0 aliphatic carbocycles. The van der Waals surface area contributed by atoms with E-state index in [9.17, 15) is 9.59 Å². The first-order chi connectivity index (χ1) is 8.04. The summed E-state index contributed by atoms with van der Waals surface area (Å²) in [5.41, 5.74) is 11.9. The lowest BCUT2D eigenvalue weighted by Gasteiger charge is -2.02. The van der Waals surface area contributed by atoms with Gasteiger partial charge in [-0.2, -0.15) is 0 Å². The van der Waals surface area contributed by atoms with Crippen LogP contribution in [0.2, 0.25) is 0 Å². The Kier molecular flexibility index (Phi) is 4.12. The average Bonchev–Trinajstić information content (AvgIpc) is 2.29. The molecule has 4 N–H and O–H groups in total. The van der Waals surface area contributed by atoms with Crippen molar-refractivity contribution in [2.24, 2.45) is 5.73 Å². The number of nitrogen functional groups attached to an aromatic ring is 1. The van der Waals surface area contributed by atoms with E-state index in [4.69, 9.17) is 11.5 Å². The smallest absolute Gasteiger partial charge is 0.337 e. The largest absolute Gasteiger partial charge is 0.465 e. The fourth-order valence-electron chi connectivity index (χ4n) is 1.15. The Bertz CT molecular complexity index is 512. The minimum atomic E-state index is -0.498. The van der Waals surface area contributed by atoms with Gasteiger partial charge in [0.25, 0.3) is 0 Å². The highest BCUT2D eigenvalue weighted by atomic mass is 16.5. The lowest BCUT2D eigenvalue weighted by atomic mass is 10.1. The molecule has 0 radical (unpaired) electrons. The maximum absolute atomic E-state index is 11.2. The summed E-state index contributed by atoms with van der Waals surface area (Å²) in [5.74, 6) is 4.32. The summed E-state index contributed by atoms with van der Waals surface area (Å²) in [6.07, 6.45) is -0.0296. The molecule has 1 aromatic carbocycles. The van der Waals surface area contributed by atoms with Gasteiger partial charge in [0.2, 0.25) is 5.91 Å². The van der Waals surface area contributed by atoms with Gasteiger partial charge in [-0.05, 0) is 18.2 Å². The molecule has 5 heteroatoms. The lowest BCUT2D eigenvalue weighted by molar-refractivity contribution is -0.117. The second-order valence-electron chi connectivity index (χ2n) is 3.24. The zero-order valence-electron chi connectivity index (χ0n) is 9.32. The van der Waals surface area contributed by atoms with Gasteiger partial charge in [0.1, 0.15) is 0 Å². The van der Waals surface area contributed by atoms with Gasteiger partial charge in [-0.15, -0.1) is 0 Å². The molecule has 0 atom stereocenters. The summed E-state index contributed by atoms with van der Waals surface area (Å²) in [5, 5.41) is 0. The Balaban J connectivity index is 2.93. The van der Waals surface area contributed by atoms with E-state index in [0.717, 1.165) is 0 Å². The van der Waals surface area contributed by atoms with E-state index in [1.807, 2.05) is 0 Å². The molecule has 0 heterocycles.